The maximum absolute atomic E-state index is 6.15. The smallest absolute Gasteiger partial charge is 0.190 e. The highest BCUT2D eigenvalue weighted by Gasteiger charge is 2.27. The number of ether oxygens (including phenoxy) is 1. The average molecular weight is 529 g/mol. The molecule has 6 heteroatoms. The van der Waals surface area contributed by atoms with Crippen LogP contribution < -0.4 is 10.6 Å². The Morgan fingerprint density at radius 2 is 1.93 bits per heavy atom. The third-order valence-electron chi connectivity index (χ3n) is 6.46. The van der Waals surface area contributed by atoms with E-state index in [1.807, 2.05) is 7.05 Å². The lowest BCUT2D eigenvalue weighted by Gasteiger charge is -2.33. The zero-order valence-electron chi connectivity index (χ0n) is 19.0. The van der Waals surface area contributed by atoms with Crippen molar-refractivity contribution in [2.75, 3.05) is 39.8 Å². The molecule has 3 unspecified atom stereocenters. The normalized spacial score (nSPS) is 25.4. The first kappa shape index (κ1) is 25.4. The maximum atomic E-state index is 6.15. The summed E-state index contributed by atoms with van der Waals surface area (Å²) in [6, 6.07) is 9.54. The maximum Gasteiger partial charge on any atom is 0.190 e. The number of hydrogen-bond donors (Lipinski definition) is 2. The lowest BCUT2D eigenvalue weighted by Crippen LogP contribution is -2.43. The zero-order valence-corrected chi connectivity index (χ0v) is 21.4. The molecule has 5 nitrogen and oxygen atoms in total. The molecule has 0 spiro atoms. The topological polar surface area (TPSA) is 48.9 Å². The number of likely N-dealkylation sites (tertiary alicyclic amines) is 1. The van der Waals surface area contributed by atoms with Crippen molar-refractivity contribution in [3.8, 4) is 0 Å². The van der Waals surface area contributed by atoms with Gasteiger partial charge >= 0.3 is 0 Å². The minimum Gasteiger partial charge on any atom is -0.373 e. The molecule has 3 atom stereocenters. The zero-order chi connectivity index (χ0) is 20.5. The third-order valence-corrected chi connectivity index (χ3v) is 6.46. The van der Waals surface area contributed by atoms with Crippen molar-refractivity contribution in [2.24, 2.45) is 10.9 Å². The molecule has 2 saturated heterocycles. The monoisotopic (exact) mass is 528 g/mol. The molecule has 2 fully saturated rings. The lowest BCUT2D eigenvalue weighted by molar-refractivity contribution is -0.0265. The van der Waals surface area contributed by atoms with Crippen LogP contribution >= 0.6 is 24.0 Å². The van der Waals surface area contributed by atoms with Gasteiger partial charge in [-0.25, -0.2) is 0 Å². The van der Waals surface area contributed by atoms with Gasteiger partial charge in [-0.1, -0.05) is 36.2 Å². The summed E-state index contributed by atoms with van der Waals surface area (Å²) >= 11 is 0. The summed E-state index contributed by atoms with van der Waals surface area (Å²) in [5.74, 6) is 1.38. The van der Waals surface area contributed by atoms with E-state index in [1.54, 1.807) is 0 Å². The molecule has 1 aromatic rings. The van der Waals surface area contributed by atoms with Crippen LogP contribution in [-0.2, 0) is 4.74 Å². The van der Waals surface area contributed by atoms with Gasteiger partial charge in [-0.05, 0) is 58.1 Å². The standard InChI is InChI=1S/C24H40N4O.HI/c1-19-10-12-21(13-11-19)23-22(9-6-17-29-23)18-27-24(25-3)26-14-7-16-28-15-5-4-8-20(28)2;/h10-13,20,22-23H,4-9,14-18H2,1-3H3,(H2,25,26,27);1H. The van der Waals surface area contributed by atoms with E-state index >= 15 is 0 Å². The molecule has 3 rings (SSSR count). The van der Waals surface area contributed by atoms with Gasteiger partial charge in [0.05, 0.1) is 6.10 Å². The van der Waals surface area contributed by atoms with Crippen molar-refractivity contribution in [1.29, 1.82) is 0 Å². The van der Waals surface area contributed by atoms with Gasteiger partial charge in [-0.15, -0.1) is 24.0 Å². The number of aliphatic imine (C=N–C) groups is 1. The summed E-state index contributed by atoms with van der Waals surface area (Å²) < 4.78 is 6.15. The molecule has 2 N–H and O–H groups in total. The Kier molecular flexibility index (Phi) is 11.5. The molecule has 0 radical (unpaired) electrons. The minimum absolute atomic E-state index is 0. The summed E-state index contributed by atoms with van der Waals surface area (Å²) in [6.07, 6.45) is 7.75. The van der Waals surface area contributed by atoms with Gasteiger partial charge in [0.2, 0.25) is 0 Å². The molecule has 1 aromatic carbocycles. The Morgan fingerprint density at radius 3 is 2.67 bits per heavy atom. The first-order valence-corrected chi connectivity index (χ1v) is 11.5. The largest absolute Gasteiger partial charge is 0.373 e. The molecule has 170 valence electrons. The fraction of sp³-hybridized carbons (Fsp3) is 0.708. The van der Waals surface area contributed by atoms with Crippen LogP contribution in [-0.4, -0.2) is 56.7 Å². The Bertz CT molecular complexity index is 637. The Morgan fingerprint density at radius 1 is 1.13 bits per heavy atom. The van der Waals surface area contributed by atoms with E-state index in [2.05, 4.69) is 58.6 Å². The average Bonchev–Trinajstić information content (AvgIpc) is 2.75. The predicted octanol–water partition coefficient (Wildman–Crippen LogP) is 4.51. The number of hydrogen-bond acceptors (Lipinski definition) is 3. The fourth-order valence-electron chi connectivity index (χ4n) is 4.60. The molecular weight excluding hydrogens is 487 g/mol. The van der Waals surface area contributed by atoms with Crippen LogP contribution in [0.4, 0.5) is 0 Å². The Labute approximate surface area is 200 Å². The first-order valence-electron chi connectivity index (χ1n) is 11.5. The van der Waals surface area contributed by atoms with Gasteiger partial charge in [0, 0.05) is 45.2 Å². The second kappa shape index (κ2) is 13.5. The van der Waals surface area contributed by atoms with Crippen LogP contribution in [0.15, 0.2) is 29.3 Å². The highest BCUT2D eigenvalue weighted by Crippen LogP contribution is 2.33. The number of aryl methyl sites for hydroxylation is 1. The SMILES string of the molecule is CN=C(NCCCN1CCCCC1C)NCC1CCCOC1c1ccc(C)cc1.I. The van der Waals surface area contributed by atoms with Gasteiger partial charge in [-0.2, -0.15) is 0 Å². The second-order valence-corrected chi connectivity index (χ2v) is 8.72. The quantitative estimate of drug-likeness (QED) is 0.237. The number of rotatable bonds is 7. The number of guanidine groups is 1. The van der Waals surface area contributed by atoms with Crippen molar-refractivity contribution in [3.05, 3.63) is 35.4 Å². The number of piperidine rings is 1. The van der Waals surface area contributed by atoms with E-state index in [-0.39, 0.29) is 30.1 Å². The minimum atomic E-state index is 0. The summed E-state index contributed by atoms with van der Waals surface area (Å²) in [5, 5.41) is 7.04. The van der Waals surface area contributed by atoms with Gasteiger partial charge < -0.3 is 20.3 Å². The number of nitrogens with zero attached hydrogens (tertiary/aromatic N) is 2. The van der Waals surface area contributed by atoms with Crippen LogP contribution in [0.5, 0.6) is 0 Å². The molecule has 2 heterocycles. The summed E-state index contributed by atoms with van der Waals surface area (Å²) in [5.41, 5.74) is 2.59. The van der Waals surface area contributed by atoms with E-state index in [0.29, 0.717) is 5.92 Å². The van der Waals surface area contributed by atoms with Crippen LogP contribution in [0, 0.1) is 12.8 Å². The van der Waals surface area contributed by atoms with Crippen LogP contribution in [0.2, 0.25) is 0 Å². The third kappa shape index (κ3) is 7.68. The predicted molar refractivity (Wildman–Crippen MR) is 137 cm³/mol. The van der Waals surface area contributed by atoms with Crippen LogP contribution in [0.1, 0.15) is 62.7 Å². The highest BCUT2D eigenvalue weighted by atomic mass is 127. The van der Waals surface area contributed by atoms with Gasteiger partial charge in [0.15, 0.2) is 5.96 Å². The lowest BCUT2D eigenvalue weighted by atomic mass is 9.89. The second-order valence-electron chi connectivity index (χ2n) is 8.72. The number of halogens is 1. The molecule has 2 aliphatic rings. The van der Waals surface area contributed by atoms with E-state index < -0.39 is 0 Å². The van der Waals surface area contributed by atoms with E-state index in [4.69, 9.17) is 4.74 Å². The molecule has 30 heavy (non-hydrogen) atoms. The fourth-order valence-corrected chi connectivity index (χ4v) is 4.60. The van der Waals surface area contributed by atoms with Crippen molar-refractivity contribution < 1.29 is 4.74 Å². The summed E-state index contributed by atoms with van der Waals surface area (Å²) in [7, 11) is 1.86. The Balaban J connectivity index is 0.00000320. The van der Waals surface area contributed by atoms with Crippen molar-refractivity contribution in [1.82, 2.24) is 15.5 Å². The molecule has 2 aliphatic heterocycles. The molecular formula is C24H41IN4O. The Hall–Kier alpha value is -0.860. The molecule has 0 amide bonds. The molecule has 0 saturated carbocycles. The van der Waals surface area contributed by atoms with Crippen LogP contribution in [0.3, 0.4) is 0 Å². The summed E-state index contributed by atoms with van der Waals surface area (Å²) in [6.45, 7) is 9.65. The van der Waals surface area contributed by atoms with Crippen molar-refractivity contribution in [2.45, 2.75) is 64.5 Å². The van der Waals surface area contributed by atoms with Gasteiger partial charge in [0.1, 0.15) is 0 Å². The molecule has 0 aromatic heterocycles. The number of benzene rings is 1. The highest BCUT2D eigenvalue weighted by molar-refractivity contribution is 14.0. The molecule has 0 aliphatic carbocycles. The van der Waals surface area contributed by atoms with Gasteiger partial charge in [-0.3, -0.25) is 4.99 Å². The van der Waals surface area contributed by atoms with Crippen LogP contribution in [0.25, 0.3) is 0 Å². The molecule has 0 bridgehead atoms. The summed E-state index contributed by atoms with van der Waals surface area (Å²) in [4.78, 5) is 7.05. The first-order chi connectivity index (χ1) is 14.2. The van der Waals surface area contributed by atoms with Crippen molar-refractivity contribution in [3.63, 3.8) is 0 Å². The van der Waals surface area contributed by atoms with Crippen molar-refractivity contribution >= 4 is 29.9 Å². The van der Waals surface area contributed by atoms with Gasteiger partial charge in [0.25, 0.3) is 0 Å². The number of nitrogens with one attached hydrogen (secondary N) is 2. The van der Waals surface area contributed by atoms with E-state index in [9.17, 15) is 0 Å². The van der Waals surface area contributed by atoms with E-state index in [1.165, 1.54) is 49.9 Å². The van der Waals surface area contributed by atoms with E-state index in [0.717, 1.165) is 44.5 Å².